The lowest BCUT2D eigenvalue weighted by Gasteiger charge is -2.23. The van der Waals surface area contributed by atoms with Gasteiger partial charge in [-0.2, -0.15) is 4.31 Å². The average molecular weight is 361 g/mol. The van der Waals surface area contributed by atoms with Crippen LogP contribution in [-0.2, 0) is 14.8 Å². The number of hydrogen-bond donors (Lipinski definition) is 1. The van der Waals surface area contributed by atoms with Crippen molar-refractivity contribution in [3.05, 3.63) is 34.9 Å². The SMILES string of the molecule is CS(=O)(=O)N(CCNC(=O)c1cccc(Cl)c1)CC1CCCO1. The third kappa shape index (κ3) is 5.76. The molecule has 1 saturated heterocycles. The third-order valence-electron chi connectivity index (χ3n) is 3.63. The van der Waals surface area contributed by atoms with Crippen LogP contribution in [0.1, 0.15) is 23.2 Å². The first kappa shape index (κ1) is 18.2. The predicted octanol–water partition coefficient (Wildman–Crippen LogP) is 1.51. The molecule has 1 fully saturated rings. The number of halogens is 1. The van der Waals surface area contributed by atoms with Crippen molar-refractivity contribution < 1.29 is 17.9 Å². The number of carbonyl (C=O) groups is 1. The van der Waals surface area contributed by atoms with Gasteiger partial charge in [0.2, 0.25) is 10.0 Å². The molecule has 1 heterocycles. The Balaban J connectivity index is 1.87. The van der Waals surface area contributed by atoms with E-state index in [9.17, 15) is 13.2 Å². The number of sulfonamides is 1. The molecule has 8 heteroatoms. The zero-order valence-corrected chi connectivity index (χ0v) is 14.6. The van der Waals surface area contributed by atoms with Crippen molar-refractivity contribution >= 4 is 27.5 Å². The number of amides is 1. The summed E-state index contributed by atoms with van der Waals surface area (Å²) in [6.07, 6.45) is 2.92. The lowest BCUT2D eigenvalue weighted by Crippen LogP contribution is -2.41. The minimum Gasteiger partial charge on any atom is -0.377 e. The molecule has 1 N–H and O–H groups in total. The van der Waals surface area contributed by atoms with Gasteiger partial charge >= 0.3 is 0 Å². The van der Waals surface area contributed by atoms with Gasteiger partial charge in [-0.05, 0) is 31.0 Å². The van der Waals surface area contributed by atoms with E-state index in [4.69, 9.17) is 16.3 Å². The molecule has 2 rings (SSSR count). The molecule has 0 bridgehead atoms. The molecule has 1 aliphatic heterocycles. The van der Waals surface area contributed by atoms with Crippen molar-refractivity contribution in [2.24, 2.45) is 0 Å². The van der Waals surface area contributed by atoms with Gasteiger partial charge in [0.05, 0.1) is 12.4 Å². The van der Waals surface area contributed by atoms with Crippen LogP contribution >= 0.6 is 11.6 Å². The predicted molar refractivity (Wildman–Crippen MR) is 89.2 cm³/mol. The van der Waals surface area contributed by atoms with Crippen molar-refractivity contribution in [1.29, 1.82) is 0 Å². The van der Waals surface area contributed by atoms with E-state index in [2.05, 4.69) is 5.32 Å². The summed E-state index contributed by atoms with van der Waals surface area (Å²) in [6, 6.07) is 6.60. The Morgan fingerprint density at radius 3 is 2.87 bits per heavy atom. The van der Waals surface area contributed by atoms with Gasteiger partial charge in [-0.15, -0.1) is 0 Å². The first-order chi connectivity index (χ1) is 10.9. The van der Waals surface area contributed by atoms with Crippen molar-refractivity contribution in [3.63, 3.8) is 0 Å². The Bertz CT molecular complexity index is 645. The summed E-state index contributed by atoms with van der Waals surface area (Å²) >= 11 is 5.85. The van der Waals surface area contributed by atoms with Crippen LogP contribution in [0.15, 0.2) is 24.3 Å². The molecule has 0 radical (unpaired) electrons. The monoisotopic (exact) mass is 360 g/mol. The summed E-state index contributed by atoms with van der Waals surface area (Å²) < 4.78 is 30.5. The second-order valence-corrected chi connectivity index (χ2v) is 7.94. The average Bonchev–Trinajstić information content (AvgIpc) is 2.98. The molecule has 1 aliphatic rings. The van der Waals surface area contributed by atoms with E-state index in [1.54, 1.807) is 24.3 Å². The summed E-state index contributed by atoms with van der Waals surface area (Å²) in [5.41, 5.74) is 0.447. The molecular formula is C15H21ClN2O4S. The van der Waals surface area contributed by atoms with E-state index in [1.165, 1.54) is 10.6 Å². The molecule has 0 aliphatic carbocycles. The van der Waals surface area contributed by atoms with Crippen LogP contribution < -0.4 is 5.32 Å². The molecule has 1 aromatic rings. The molecule has 6 nitrogen and oxygen atoms in total. The van der Waals surface area contributed by atoms with E-state index in [-0.39, 0.29) is 25.1 Å². The normalized spacial score (nSPS) is 18.3. The zero-order chi connectivity index (χ0) is 16.9. The van der Waals surface area contributed by atoms with E-state index >= 15 is 0 Å². The number of benzene rings is 1. The molecule has 1 atom stereocenters. The number of ether oxygens (including phenoxy) is 1. The van der Waals surface area contributed by atoms with E-state index < -0.39 is 10.0 Å². The molecule has 1 amide bonds. The van der Waals surface area contributed by atoms with Crippen LogP contribution in [0.4, 0.5) is 0 Å². The van der Waals surface area contributed by atoms with Crippen molar-refractivity contribution in [1.82, 2.24) is 9.62 Å². The van der Waals surface area contributed by atoms with Crippen LogP contribution in [0, 0.1) is 0 Å². The Kier molecular flexibility index (Phi) is 6.41. The number of rotatable bonds is 7. The van der Waals surface area contributed by atoms with Crippen LogP contribution in [-0.4, -0.2) is 57.2 Å². The number of hydrogen-bond acceptors (Lipinski definition) is 4. The Hall–Kier alpha value is -1.15. The van der Waals surface area contributed by atoms with Crippen LogP contribution in [0.3, 0.4) is 0 Å². The molecule has 1 unspecified atom stereocenters. The van der Waals surface area contributed by atoms with Gasteiger partial charge in [-0.1, -0.05) is 17.7 Å². The van der Waals surface area contributed by atoms with Crippen molar-refractivity contribution in [2.75, 3.05) is 32.5 Å². The Labute approximate surface area is 141 Å². The quantitative estimate of drug-likeness (QED) is 0.799. The Morgan fingerprint density at radius 2 is 2.26 bits per heavy atom. The number of carbonyl (C=O) groups excluding carboxylic acids is 1. The second-order valence-electron chi connectivity index (χ2n) is 5.52. The van der Waals surface area contributed by atoms with Crippen LogP contribution in [0.25, 0.3) is 0 Å². The fourth-order valence-electron chi connectivity index (χ4n) is 2.43. The van der Waals surface area contributed by atoms with E-state index in [0.29, 0.717) is 23.7 Å². The highest BCUT2D eigenvalue weighted by atomic mass is 35.5. The van der Waals surface area contributed by atoms with Crippen molar-refractivity contribution in [2.45, 2.75) is 18.9 Å². The van der Waals surface area contributed by atoms with Gasteiger partial charge in [0.1, 0.15) is 0 Å². The summed E-state index contributed by atoms with van der Waals surface area (Å²) in [5, 5.41) is 3.19. The topological polar surface area (TPSA) is 75.7 Å². The fraction of sp³-hybridized carbons (Fsp3) is 0.533. The minimum atomic E-state index is -3.34. The van der Waals surface area contributed by atoms with E-state index in [0.717, 1.165) is 12.8 Å². The van der Waals surface area contributed by atoms with Crippen molar-refractivity contribution in [3.8, 4) is 0 Å². The fourth-order valence-corrected chi connectivity index (χ4v) is 3.48. The molecular weight excluding hydrogens is 340 g/mol. The minimum absolute atomic E-state index is 0.0617. The maximum atomic E-state index is 12.0. The highest BCUT2D eigenvalue weighted by Crippen LogP contribution is 2.14. The first-order valence-corrected chi connectivity index (χ1v) is 9.69. The van der Waals surface area contributed by atoms with E-state index in [1.807, 2.05) is 0 Å². The molecule has 0 spiro atoms. The molecule has 128 valence electrons. The lowest BCUT2D eigenvalue weighted by molar-refractivity contribution is 0.0911. The van der Waals surface area contributed by atoms with Gasteiger partial charge in [0, 0.05) is 36.8 Å². The lowest BCUT2D eigenvalue weighted by atomic mass is 10.2. The molecule has 0 saturated carbocycles. The van der Waals surface area contributed by atoms with Gasteiger partial charge in [-0.25, -0.2) is 8.42 Å². The molecule has 1 aromatic carbocycles. The summed E-state index contributed by atoms with van der Waals surface area (Å²) in [6.45, 7) is 1.44. The van der Waals surface area contributed by atoms with Gasteiger partial charge in [0.15, 0.2) is 0 Å². The summed E-state index contributed by atoms with van der Waals surface area (Å²) in [5.74, 6) is -0.280. The van der Waals surface area contributed by atoms with Gasteiger partial charge < -0.3 is 10.1 Å². The first-order valence-electron chi connectivity index (χ1n) is 7.47. The summed E-state index contributed by atoms with van der Waals surface area (Å²) in [4.78, 5) is 12.0. The van der Waals surface area contributed by atoms with Gasteiger partial charge in [0.25, 0.3) is 5.91 Å². The zero-order valence-electron chi connectivity index (χ0n) is 13.0. The Morgan fingerprint density at radius 1 is 1.48 bits per heavy atom. The highest BCUT2D eigenvalue weighted by molar-refractivity contribution is 7.88. The second kappa shape index (κ2) is 8.10. The van der Waals surface area contributed by atoms with Crippen LogP contribution in [0.2, 0.25) is 5.02 Å². The maximum absolute atomic E-state index is 12.0. The third-order valence-corrected chi connectivity index (χ3v) is 5.14. The van der Waals surface area contributed by atoms with Crippen LogP contribution in [0.5, 0.6) is 0 Å². The maximum Gasteiger partial charge on any atom is 0.251 e. The molecule has 23 heavy (non-hydrogen) atoms. The summed E-state index contributed by atoms with van der Waals surface area (Å²) in [7, 11) is -3.34. The number of nitrogens with one attached hydrogen (secondary N) is 1. The largest absolute Gasteiger partial charge is 0.377 e. The smallest absolute Gasteiger partial charge is 0.251 e. The molecule has 0 aromatic heterocycles. The highest BCUT2D eigenvalue weighted by Gasteiger charge is 2.24. The number of nitrogens with zero attached hydrogens (tertiary/aromatic N) is 1. The van der Waals surface area contributed by atoms with Gasteiger partial charge in [-0.3, -0.25) is 4.79 Å². The standard InChI is InChI=1S/C15H21ClN2O4S/c1-23(20,21)18(11-14-6-3-9-22-14)8-7-17-15(19)12-4-2-5-13(16)10-12/h2,4-5,10,14H,3,6-9,11H2,1H3,(H,17,19).